The molecule has 5 heterocycles. The topological polar surface area (TPSA) is 104 Å². The average Bonchev–Trinajstić information content (AvgIpc) is 3.60. The Bertz CT molecular complexity index is 1190. The van der Waals surface area contributed by atoms with Gasteiger partial charge in [0.25, 0.3) is 5.91 Å². The van der Waals surface area contributed by atoms with Crippen LogP contribution in [0, 0.1) is 0 Å². The molecule has 1 aliphatic heterocycles. The van der Waals surface area contributed by atoms with Gasteiger partial charge in [-0.15, -0.1) is 11.3 Å². The molecule has 0 spiro atoms. The highest BCUT2D eigenvalue weighted by molar-refractivity contribution is 7.13. The van der Waals surface area contributed by atoms with Crippen LogP contribution in [0.25, 0.3) is 22.0 Å². The number of amides is 1. The zero-order valence-corrected chi connectivity index (χ0v) is 18.7. The molecule has 1 amide bonds. The van der Waals surface area contributed by atoms with E-state index < -0.39 is 0 Å². The Morgan fingerprint density at radius 2 is 2.03 bits per heavy atom. The summed E-state index contributed by atoms with van der Waals surface area (Å²) in [6.07, 6.45) is 1.76. The van der Waals surface area contributed by atoms with Crippen LogP contribution in [-0.2, 0) is 0 Å². The first-order valence-electron chi connectivity index (χ1n) is 10.5. The number of rotatable bonds is 5. The van der Waals surface area contributed by atoms with Crippen molar-refractivity contribution in [1.29, 1.82) is 0 Å². The largest absolute Gasteiger partial charge is 0.353 e. The number of nitrogens with one attached hydrogen (secondary N) is 1. The summed E-state index contributed by atoms with van der Waals surface area (Å²) in [5.74, 6) is 2.16. The number of carbonyl (C=O) groups is 1. The fraction of sp³-hybridized carbons (Fsp3) is 0.318. The van der Waals surface area contributed by atoms with E-state index in [1.54, 1.807) is 17.5 Å². The minimum absolute atomic E-state index is 0.0509. The van der Waals surface area contributed by atoms with Crippen molar-refractivity contribution in [2.75, 3.05) is 31.1 Å². The molecule has 1 N–H and O–H groups in total. The van der Waals surface area contributed by atoms with Crippen molar-refractivity contribution in [2.24, 2.45) is 0 Å². The van der Waals surface area contributed by atoms with Gasteiger partial charge in [-0.3, -0.25) is 9.89 Å². The SMILES string of the molecule is CC(C)c1nc(-c2ccc(N3CCN(C(=O)c4cc(-c5cccs5)[nH]n4)CC3)nc2)no1. The van der Waals surface area contributed by atoms with Gasteiger partial charge in [-0.25, -0.2) is 4.98 Å². The maximum atomic E-state index is 12.9. The van der Waals surface area contributed by atoms with E-state index >= 15 is 0 Å². The minimum Gasteiger partial charge on any atom is -0.353 e. The fourth-order valence-electron chi connectivity index (χ4n) is 3.58. The van der Waals surface area contributed by atoms with Gasteiger partial charge in [-0.2, -0.15) is 10.1 Å². The van der Waals surface area contributed by atoms with Crippen LogP contribution in [-0.4, -0.2) is 62.3 Å². The summed E-state index contributed by atoms with van der Waals surface area (Å²) in [6.45, 7) is 6.67. The number of carbonyl (C=O) groups excluding carboxylic acids is 1. The first-order chi connectivity index (χ1) is 15.6. The summed E-state index contributed by atoms with van der Waals surface area (Å²) in [5.41, 5.74) is 2.14. The van der Waals surface area contributed by atoms with E-state index in [4.69, 9.17) is 4.52 Å². The lowest BCUT2D eigenvalue weighted by Gasteiger charge is -2.35. The Kier molecular flexibility index (Phi) is 5.44. The summed E-state index contributed by atoms with van der Waals surface area (Å²) in [6, 6.07) is 9.71. The average molecular weight is 450 g/mol. The molecule has 0 atom stereocenters. The molecular weight excluding hydrogens is 426 g/mol. The summed E-state index contributed by atoms with van der Waals surface area (Å²) >= 11 is 1.61. The van der Waals surface area contributed by atoms with E-state index in [2.05, 4.69) is 30.2 Å². The zero-order chi connectivity index (χ0) is 22.1. The Labute approximate surface area is 189 Å². The molecule has 0 radical (unpaired) electrons. The molecular formula is C22H23N7O2S. The molecule has 4 aromatic rings. The van der Waals surface area contributed by atoms with Crippen LogP contribution < -0.4 is 4.90 Å². The number of piperazine rings is 1. The summed E-state index contributed by atoms with van der Waals surface area (Å²) in [5, 5.41) is 13.2. The van der Waals surface area contributed by atoms with Crippen LogP contribution in [0.3, 0.4) is 0 Å². The second kappa shape index (κ2) is 8.54. The van der Waals surface area contributed by atoms with Gasteiger partial charge in [-0.05, 0) is 29.6 Å². The van der Waals surface area contributed by atoms with Crippen LogP contribution in [0.15, 0.2) is 46.4 Å². The summed E-state index contributed by atoms with van der Waals surface area (Å²) < 4.78 is 5.28. The van der Waals surface area contributed by atoms with E-state index in [9.17, 15) is 4.79 Å². The highest BCUT2D eigenvalue weighted by atomic mass is 32.1. The molecule has 0 unspecified atom stereocenters. The number of aromatic nitrogens is 5. The van der Waals surface area contributed by atoms with Gasteiger partial charge in [0.1, 0.15) is 5.82 Å². The van der Waals surface area contributed by atoms with Gasteiger partial charge in [0.05, 0.1) is 10.6 Å². The van der Waals surface area contributed by atoms with E-state index in [-0.39, 0.29) is 11.8 Å². The smallest absolute Gasteiger partial charge is 0.274 e. The molecule has 32 heavy (non-hydrogen) atoms. The van der Waals surface area contributed by atoms with Crippen molar-refractivity contribution in [3.63, 3.8) is 0 Å². The van der Waals surface area contributed by atoms with Crippen LogP contribution >= 0.6 is 11.3 Å². The third kappa shape index (κ3) is 4.01. The van der Waals surface area contributed by atoms with Crippen molar-refractivity contribution in [3.05, 3.63) is 53.5 Å². The highest BCUT2D eigenvalue weighted by Gasteiger charge is 2.25. The van der Waals surface area contributed by atoms with Gasteiger partial charge in [0.15, 0.2) is 5.69 Å². The number of H-pyrrole nitrogens is 1. The maximum Gasteiger partial charge on any atom is 0.274 e. The number of pyridine rings is 1. The molecule has 1 saturated heterocycles. The van der Waals surface area contributed by atoms with Gasteiger partial charge in [0, 0.05) is 43.9 Å². The number of thiophene rings is 1. The molecule has 1 fully saturated rings. The van der Waals surface area contributed by atoms with Gasteiger partial charge >= 0.3 is 0 Å². The lowest BCUT2D eigenvalue weighted by Crippen LogP contribution is -2.49. The lowest BCUT2D eigenvalue weighted by molar-refractivity contribution is 0.0740. The number of aromatic amines is 1. The van der Waals surface area contributed by atoms with Crippen molar-refractivity contribution in [2.45, 2.75) is 19.8 Å². The van der Waals surface area contributed by atoms with Crippen molar-refractivity contribution in [3.8, 4) is 22.0 Å². The second-order valence-electron chi connectivity index (χ2n) is 7.94. The van der Waals surface area contributed by atoms with E-state index in [0.29, 0.717) is 43.6 Å². The fourth-order valence-corrected chi connectivity index (χ4v) is 4.27. The monoisotopic (exact) mass is 449 g/mol. The standard InChI is InChI=1S/C22H23N7O2S/c1-14(2)21-24-20(27-31-21)15-5-6-19(23-13-15)28-7-9-29(10-8-28)22(30)17-12-16(25-26-17)18-4-3-11-32-18/h3-6,11-14H,7-10H2,1-2H3,(H,25,26). The quantitative estimate of drug-likeness (QED) is 0.496. The number of hydrogen-bond donors (Lipinski definition) is 1. The number of hydrogen-bond acceptors (Lipinski definition) is 8. The molecule has 0 bridgehead atoms. The first kappa shape index (κ1) is 20.4. The highest BCUT2D eigenvalue weighted by Crippen LogP contribution is 2.24. The van der Waals surface area contributed by atoms with Crippen molar-refractivity contribution in [1.82, 2.24) is 30.2 Å². The molecule has 10 heteroatoms. The van der Waals surface area contributed by atoms with Crippen LogP contribution in [0.5, 0.6) is 0 Å². The Morgan fingerprint density at radius 3 is 2.69 bits per heavy atom. The Balaban J connectivity index is 1.20. The molecule has 9 nitrogen and oxygen atoms in total. The van der Waals surface area contributed by atoms with Gasteiger partial charge in [0.2, 0.25) is 11.7 Å². The van der Waals surface area contributed by atoms with Crippen LogP contribution in [0.1, 0.15) is 36.1 Å². The van der Waals surface area contributed by atoms with Crippen LogP contribution in [0.2, 0.25) is 0 Å². The van der Waals surface area contributed by atoms with Crippen LogP contribution in [0.4, 0.5) is 5.82 Å². The number of anilines is 1. The normalized spacial score (nSPS) is 14.3. The molecule has 5 rings (SSSR count). The van der Waals surface area contributed by atoms with E-state index in [0.717, 1.165) is 22.0 Å². The van der Waals surface area contributed by atoms with Crippen molar-refractivity contribution < 1.29 is 9.32 Å². The lowest BCUT2D eigenvalue weighted by atomic mass is 10.2. The van der Waals surface area contributed by atoms with Crippen molar-refractivity contribution >= 4 is 23.1 Å². The minimum atomic E-state index is -0.0509. The third-order valence-electron chi connectivity index (χ3n) is 5.42. The van der Waals surface area contributed by atoms with Gasteiger partial charge in [-0.1, -0.05) is 25.1 Å². The predicted molar refractivity (Wildman–Crippen MR) is 122 cm³/mol. The third-order valence-corrected chi connectivity index (χ3v) is 6.32. The summed E-state index contributed by atoms with van der Waals surface area (Å²) in [7, 11) is 0. The van der Waals surface area contributed by atoms with E-state index in [1.807, 2.05) is 54.5 Å². The molecule has 0 aliphatic carbocycles. The Hall–Kier alpha value is -3.53. The molecule has 0 aromatic carbocycles. The molecule has 4 aromatic heterocycles. The van der Waals surface area contributed by atoms with Gasteiger partial charge < -0.3 is 14.3 Å². The summed E-state index contributed by atoms with van der Waals surface area (Å²) in [4.78, 5) is 26.9. The maximum absolute atomic E-state index is 12.9. The molecule has 0 saturated carbocycles. The molecule has 164 valence electrons. The molecule has 1 aliphatic rings. The second-order valence-corrected chi connectivity index (χ2v) is 8.89. The van der Waals surface area contributed by atoms with E-state index in [1.165, 1.54) is 0 Å². The zero-order valence-electron chi connectivity index (χ0n) is 17.9. The predicted octanol–water partition coefficient (Wildman–Crippen LogP) is 3.67. The Morgan fingerprint density at radius 1 is 1.19 bits per heavy atom. The first-order valence-corrected chi connectivity index (χ1v) is 11.4. The number of nitrogens with zero attached hydrogens (tertiary/aromatic N) is 6.